The van der Waals surface area contributed by atoms with Crippen molar-refractivity contribution in [2.45, 2.75) is 19.8 Å². The molecule has 4 unspecified atom stereocenters. The lowest BCUT2D eigenvalue weighted by Crippen LogP contribution is -2.39. The van der Waals surface area contributed by atoms with Crippen molar-refractivity contribution in [1.82, 2.24) is 9.88 Å². The number of likely N-dealkylation sites (tertiary alicyclic amines) is 1. The number of nitrogens with zero attached hydrogens (tertiary/aromatic N) is 2. The number of rotatable bonds is 5. The number of nitrogens with one attached hydrogen (secondary N) is 1. The van der Waals surface area contributed by atoms with Crippen LogP contribution >= 0.6 is 22.9 Å². The van der Waals surface area contributed by atoms with Crippen molar-refractivity contribution >= 4 is 45.8 Å². The SMILES string of the molecule is Cc1ccc(Cc2cnc(NC(=O)CN3C(=O)C4C5C=CC(C5)C4C3=O)s2)cc1Cl. The Morgan fingerprint density at radius 1 is 1.23 bits per heavy atom. The number of halogens is 1. The molecule has 3 amide bonds. The van der Waals surface area contributed by atoms with Crippen molar-refractivity contribution in [3.63, 3.8) is 0 Å². The highest BCUT2D eigenvalue weighted by Gasteiger charge is 2.59. The van der Waals surface area contributed by atoms with E-state index in [-0.39, 0.29) is 42.0 Å². The van der Waals surface area contributed by atoms with E-state index < -0.39 is 5.91 Å². The quantitative estimate of drug-likeness (QED) is 0.569. The lowest BCUT2D eigenvalue weighted by Gasteiger charge is -2.16. The van der Waals surface area contributed by atoms with Gasteiger partial charge in [0, 0.05) is 22.5 Å². The first-order valence-corrected chi connectivity index (χ1v) is 11.1. The lowest BCUT2D eigenvalue weighted by molar-refractivity contribution is -0.143. The highest BCUT2D eigenvalue weighted by atomic mass is 35.5. The van der Waals surface area contributed by atoms with E-state index in [0.717, 1.165) is 32.3 Å². The number of carbonyl (C=O) groups is 3. The fraction of sp³-hybridized carbons (Fsp3) is 0.364. The minimum atomic E-state index is -0.406. The van der Waals surface area contributed by atoms with Crippen molar-refractivity contribution in [1.29, 1.82) is 0 Å². The summed E-state index contributed by atoms with van der Waals surface area (Å²) in [6.07, 6.45) is 7.34. The number of thiazole rings is 1. The topological polar surface area (TPSA) is 79.4 Å². The summed E-state index contributed by atoms with van der Waals surface area (Å²) in [5.74, 6) is -1.12. The van der Waals surface area contributed by atoms with Gasteiger partial charge in [-0.15, -0.1) is 11.3 Å². The Bertz CT molecular complexity index is 1070. The van der Waals surface area contributed by atoms with Crippen LogP contribution in [0.5, 0.6) is 0 Å². The Morgan fingerprint density at radius 3 is 2.60 bits per heavy atom. The van der Waals surface area contributed by atoms with Gasteiger partial charge in [-0.25, -0.2) is 4.98 Å². The number of anilines is 1. The second-order valence-corrected chi connectivity index (χ2v) is 9.73. The molecule has 30 heavy (non-hydrogen) atoms. The molecule has 2 aromatic rings. The van der Waals surface area contributed by atoms with E-state index >= 15 is 0 Å². The zero-order valence-electron chi connectivity index (χ0n) is 16.3. The molecule has 1 saturated heterocycles. The van der Waals surface area contributed by atoms with Gasteiger partial charge in [0.15, 0.2) is 5.13 Å². The average Bonchev–Trinajstić information content (AvgIpc) is 3.47. The van der Waals surface area contributed by atoms with E-state index in [0.29, 0.717) is 11.6 Å². The van der Waals surface area contributed by atoms with Crippen LogP contribution in [0.1, 0.15) is 22.4 Å². The first-order chi connectivity index (χ1) is 14.4. The third-order valence-corrected chi connectivity index (χ3v) is 7.60. The summed E-state index contributed by atoms with van der Waals surface area (Å²) in [6, 6.07) is 5.92. The van der Waals surface area contributed by atoms with Crippen molar-refractivity contribution in [2.75, 3.05) is 11.9 Å². The van der Waals surface area contributed by atoms with Crippen molar-refractivity contribution in [3.8, 4) is 0 Å². The number of carbonyl (C=O) groups excluding carboxylic acids is 3. The molecule has 1 aromatic carbocycles. The van der Waals surface area contributed by atoms with Crippen molar-refractivity contribution in [2.24, 2.45) is 23.7 Å². The fourth-order valence-electron chi connectivity index (χ4n) is 4.82. The van der Waals surface area contributed by atoms with Gasteiger partial charge in [-0.05, 0) is 42.4 Å². The molecule has 1 saturated carbocycles. The Hall–Kier alpha value is -2.51. The summed E-state index contributed by atoms with van der Waals surface area (Å²) in [4.78, 5) is 44.2. The Morgan fingerprint density at radius 2 is 1.93 bits per heavy atom. The second kappa shape index (κ2) is 7.32. The first kappa shape index (κ1) is 19.5. The molecule has 6 nitrogen and oxygen atoms in total. The summed E-state index contributed by atoms with van der Waals surface area (Å²) in [5.41, 5.74) is 2.09. The van der Waals surface area contributed by atoms with Crippen molar-refractivity contribution < 1.29 is 14.4 Å². The number of aromatic nitrogens is 1. The summed E-state index contributed by atoms with van der Waals surface area (Å²) >= 11 is 7.55. The van der Waals surface area contributed by atoms with Crippen LogP contribution < -0.4 is 5.32 Å². The molecule has 2 heterocycles. The number of benzene rings is 1. The van der Waals surface area contributed by atoms with E-state index in [1.54, 1.807) is 6.20 Å². The Balaban J connectivity index is 1.21. The van der Waals surface area contributed by atoms with Gasteiger partial charge in [-0.2, -0.15) is 0 Å². The van der Waals surface area contributed by atoms with Crippen LogP contribution in [-0.2, 0) is 20.8 Å². The molecule has 0 radical (unpaired) electrons. The Kier molecular flexibility index (Phi) is 4.75. The third-order valence-electron chi connectivity index (χ3n) is 6.28. The van der Waals surface area contributed by atoms with Gasteiger partial charge in [-0.3, -0.25) is 19.3 Å². The summed E-state index contributed by atoms with van der Waals surface area (Å²) < 4.78 is 0. The predicted octanol–water partition coefficient (Wildman–Crippen LogP) is 3.44. The number of allylic oxidation sites excluding steroid dienone is 2. The van der Waals surface area contributed by atoms with Gasteiger partial charge >= 0.3 is 0 Å². The van der Waals surface area contributed by atoms with Gasteiger partial charge < -0.3 is 5.32 Å². The number of hydrogen-bond acceptors (Lipinski definition) is 5. The largest absolute Gasteiger partial charge is 0.300 e. The van der Waals surface area contributed by atoms with Gasteiger partial charge in [0.05, 0.1) is 11.8 Å². The van der Waals surface area contributed by atoms with E-state index in [9.17, 15) is 14.4 Å². The average molecular weight is 442 g/mol. The molecular weight excluding hydrogens is 422 g/mol. The highest BCUT2D eigenvalue weighted by molar-refractivity contribution is 7.15. The third kappa shape index (κ3) is 3.26. The number of amides is 3. The molecule has 5 rings (SSSR count). The van der Waals surface area contributed by atoms with Gasteiger partial charge in [-0.1, -0.05) is 35.9 Å². The highest BCUT2D eigenvalue weighted by Crippen LogP contribution is 2.52. The monoisotopic (exact) mass is 441 g/mol. The van der Waals surface area contributed by atoms with Crippen LogP contribution in [0.2, 0.25) is 5.02 Å². The molecule has 2 fully saturated rings. The van der Waals surface area contributed by atoms with Crippen molar-refractivity contribution in [3.05, 3.63) is 57.6 Å². The molecule has 1 aromatic heterocycles. The van der Waals surface area contributed by atoms with Crippen LogP contribution in [0.4, 0.5) is 5.13 Å². The standard InChI is InChI=1S/C22H20ClN3O3S/c1-11-2-3-12(7-16(11)23)6-15-9-24-22(30-15)25-17(27)10-26-20(28)18-13-4-5-14(8-13)19(18)21(26)29/h2-5,7,9,13-14,18-19H,6,8,10H2,1H3,(H,24,25,27). The van der Waals surface area contributed by atoms with Crippen LogP contribution in [0, 0.1) is 30.6 Å². The molecule has 0 spiro atoms. The number of fused-ring (bicyclic) bond motifs is 5. The minimum absolute atomic E-state index is 0.140. The van der Waals surface area contributed by atoms with E-state index in [1.807, 2.05) is 37.3 Å². The normalized spacial score (nSPS) is 26.5. The number of hydrogen-bond donors (Lipinski definition) is 1. The minimum Gasteiger partial charge on any atom is -0.300 e. The molecule has 8 heteroatoms. The number of imide groups is 1. The molecule has 3 aliphatic rings. The van der Waals surface area contributed by atoms with Gasteiger partial charge in [0.25, 0.3) is 0 Å². The maximum atomic E-state index is 12.7. The summed E-state index contributed by atoms with van der Waals surface area (Å²) in [5, 5.41) is 3.90. The molecule has 4 atom stereocenters. The lowest BCUT2D eigenvalue weighted by atomic mass is 9.85. The van der Waals surface area contributed by atoms with Gasteiger partial charge in [0.1, 0.15) is 6.54 Å². The summed E-state index contributed by atoms with van der Waals surface area (Å²) in [7, 11) is 0. The molecule has 2 aliphatic carbocycles. The van der Waals surface area contributed by atoms with Crippen LogP contribution in [-0.4, -0.2) is 34.2 Å². The van der Waals surface area contributed by atoms with Crippen LogP contribution in [0.3, 0.4) is 0 Å². The molecule has 2 bridgehead atoms. The van der Waals surface area contributed by atoms with E-state index in [2.05, 4.69) is 10.3 Å². The number of aryl methyl sites for hydroxylation is 1. The molecule has 154 valence electrons. The first-order valence-electron chi connectivity index (χ1n) is 9.94. The zero-order valence-corrected chi connectivity index (χ0v) is 17.9. The fourth-order valence-corrected chi connectivity index (χ4v) is 5.88. The maximum absolute atomic E-state index is 12.7. The molecule has 1 aliphatic heterocycles. The van der Waals surface area contributed by atoms with Crippen LogP contribution in [0.25, 0.3) is 0 Å². The van der Waals surface area contributed by atoms with Crippen LogP contribution in [0.15, 0.2) is 36.5 Å². The summed E-state index contributed by atoms with van der Waals surface area (Å²) in [6.45, 7) is 1.70. The van der Waals surface area contributed by atoms with E-state index in [1.165, 1.54) is 11.3 Å². The zero-order chi connectivity index (χ0) is 21.0. The van der Waals surface area contributed by atoms with E-state index in [4.69, 9.17) is 11.6 Å². The van der Waals surface area contributed by atoms with Gasteiger partial charge in [0.2, 0.25) is 17.7 Å². The smallest absolute Gasteiger partial charge is 0.246 e. The molecule has 1 N–H and O–H groups in total. The predicted molar refractivity (Wildman–Crippen MR) is 114 cm³/mol. The Labute approximate surface area is 182 Å². The molecular formula is C22H20ClN3O3S. The second-order valence-electron chi connectivity index (χ2n) is 8.20. The maximum Gasteiger partial charge on any atom is 0.246 e.